The molecule has 0 saturated carbocycles. The Labute approximate surface area is 59.8 Å². The van der Waals surface area contributed by atoms with Crippen molar-refractivity contribution in [2.24, 2.45) is 0 Å². The van der Waals surface area contributed by atoms with Gasteiger partial charge in [0, 0.05) is 12.3 Å². The van der Waals surface area contributed by atoms with Crippen LogP contribution in [0.2, 0.25) is 0 Å². The van der Waals surface area contributed by atoms with Crippen LogP contribution in [0.3, 0.4) is 0 Å². The predicted molar refractivity (Wildman–Crippen MR) is 36.6 cm³/mol. The number of carbonyl (C=O) groups excluding carboxylic acids is 1. The van der Waals surface area contributed by atoms with Gasteiger partial charge in [-0.25, -0.2) is 0 Å². The normalized spacial score (nSPS) is 13.2. The zero-order valence-corrected chi connectivity index (χ0v) is 6.19. The van der Waals surface area contributed by atoms with Gasteiger partial charge in [-0.15, -0.1) is 11.6 Å². The van der Waals surface area contributed by atoms with Gasteiger partial charge < -0.3 is 9.90 Å². The Hall–Kier alpha value is -0.0800. The molecule has 0 aliphatic heterocycles. The van der Waals surface area contributed by atoms with Crippen LogP contribution in [0.25, 0.3) is 0 Å². The number of rotatable bonds is 4. The highest BCUT2D eigenvalue weighted by Gasteiger charge is 2.02. The number of aliphatic hydroxyl groups excluding tert-OH is 1. The van der Waals surface area contributed by atoms with Crippen LogP contribution in [-0.4, -0.2) is 22.9 Å². The fourth-order valence-corrected chi connectivity index (χ4v) is 0.601. The van der Waals surface area contributed by atoms with E-state index < -0.39 is 6.10 Å². The van der Waals surface area contributed by atoms with Crippen LogP contribution < -0.4 is 0 Å². The van der Waals surface area contributed by atoms with Crippen LogP contribution in [0.1, 0.15) is 19.8 Å². The largest absolute Gasteiger partial charge is 0.392 e. The first kappa shape index (κ1) is 8.92. The van der Waals surface area contributed by atoms with Crippen molar-refractivity contribution in [2.75, 3.05) is 5.88 Å². The molecule has 0 fully saturated rings. The molecule has 0 aromatic heterocycles. The summed E-state index contributed by atoms with van der Waals surface area (Å²) >= 11 is 5.27. The second-order valence-electron chi connectivity index (χ2n) is 2.05. The van der Waals surface area contributed by atoms with Crippen molar-refractivity contribution in [2.45, 2.75) is 25.9 Å². The quantitative estimate of drug-likeness (QED) is 0.606. The average Bonchev–Trinajstić information content (AvgIpc) is 1.83. The molecule has 1 unspecified atom stereocenters. The standard InChI is InChI=1S/C6H11ClO2/c1-5(8)2-3-6(9)4-7/h6,9H,2-4H2,1H3. The zero-order chi connectivity index (χ0) is 7.28. The van der Waals surface area contributed by atoms with Gasteiger partial charge in [-0.05, 0) is 13.3 Å². The third kappa shape index (κ3) is 5.80. The van der Waals surface area contributed by atoms with Crippen molar-refractivity contribution in [3.63, 3.8) is 0 Å². The molecule has 2 nitrogen and oxygen atoms in total. The molecule has 3 heteroatoms. The lowest BCUT2D eigenvalue weighted by atomic mass is 10.2. The van der Waals surface area contributed by atoms with Crippen molar-refractivity contribution < 1.29 is 9.90 Å². The highest BCUT2D eigenvalue weighted by molar-refractivity contribution is 6.18. The lowest BCUT2D eigenvalue weighted by Crippen LogP contribution is -2.09. The lowest BCUT2D eigenvalue weighted by Gasteiger charge is -2.02. The van der Waals surface area contributed by atoms with E-state index in [-0.39, 0.29) is 11.7 Å². The topological polar surface area (TPSA) is 37.3 Å². The summed E-state index contributed by atoms with van der Waals surface area (Å²) in [5, 5.41) is 8.82. The maximum atomic E-state index is 10.3. The van der Waals surface area contributed by atoms with Crippen LogP contribution in [0.5, 0.6) is 0 Å². The Morgan fingerprint density at radius 3 is 2.67 bits per heavy atom. The third-order valence-electron chi connectivity index (χ3n) is 1.01. The minimum atomic E-state index is -0.518. The van der Waals surface area contributed by atoms with E-state index >= 15 is 0 Å². The van der Waals surface area contributed by atoms with E-state index in [2.05, 4.69) is 0 Å². The van der Waals surface area contributed by atoms with Gasteiger partial charge in [-0.3, -0.25) is 0 Å². The monoisotopic (exact) mass is 150 g/mol. The predicted octanol–water partition coefficient (Wildman–Crippen LogP) is 0.955. The van der Waals surface area contributed by atoms with Crippen LogP contribution in [0.4, 0.5) is 0 Å². The van der Waals surface area contributed by atoms with Crippen molar-refractivity contribution in [3.8, 4) is 0 Å². The average molecular weight is 151 g/mol. The van der Waals surface area contributed by atoms with E-state index in [1.165, 1.54) is 6.92 Å². The van der Waals surface area contributed by atoms with Crippen LogP contribution in [0.15, 0.2) is 0 Å². The molecular weight excluding hydrogens is 140 g/mol. The van der Waals surface area contributed by atoms with E-state index in [9.17, 15) is 4.79 Å². The van der Waals surface area contributed by atoms with Crippen molar-refractivity contribution in [3.05, 3.63) is 0 Å². The third-order valence-corrected chi connectivity index (χ3v) is 1.36. The first-order valence-electron chi connectivity index (χ1n) is 2.90. The highest BCUT2D eigenvalue weighted by atomic mass is 35.5. The van der Waals surface area contributed by atoms with Crippen molar-refractivity contribution in [1.82, 2.24) is 0 Å². The van der Waals surface area contributed by atoms with E-state index in [4.69, 9.17) is 16.7 Å². The van der Waals surface area contributed by atoms with E-state index in [1.54, 1.807) is 0 Å². The molecule has 0 aliphatic rings. The van der Waals surface area contributed by atoms with Gasteiger partial charge in [0.1, 0.15) is 5.78 Å². The van der Waals surface area contributed by atoms with Gasteiger partial charge in [0.2, 0.25) is 0 Å². The molecule has 1 N–H and O–H groups in total. The van der Waals surface area contributed by atoms with Crippen LogP contribution in [-0.2, 0) is 4.79 Å². The summed E-state index contributed by atoms with van der Waals surface area (Å²) in [6, 6.07) is 0. The second-order valence-corrected chi connectivity index (χ2v) is 2.36. The Kier molecular flexibility index (Phi) is 4.72. The molecule has 0 amide bonds. The Morgan fingerprint density at radius 2 is 2.33 bits per heavy atom. The molecule has 0 rings (SSSR count). The minimum Gasteiger partial charge on any atom is -0.392 e. The number of carbonyl (C=O) groups is 1. The number of Topliss-reactive ketones (excluding diaryl/α,β-unsaturated/α-hetero) is 1. The van der Waals surface area contributed by atoms with Gasteiger partial charge in [0.25, 0.3) is 0 Å². The van der Waals surface area contributed by atoms with E-state index in [0.717, 1.165) is 0 Å². The smallest absolute Gasteiger partial charge is 0.129 e. The maximum absolute atomic E-state index is 10.3. The van der Waals surface area contributed by atoms with Gasteiger partial charge in [0.15, 0.2) is 0 Å². The number of hydrogen-bond donors (Lipinski definition) is 1. The molecule has 0 aromatic rings. The number of ketones is 1. The number of halogens is 1. The fraction of sp³-hybridized carbons (Fsp3) is 0.833. The number of aliphatic hydroxyl groups is 1. The fourth-order valence-electron chi connectivity index (χ4n) is 0.447. The molecule has 0 bridgehead atoms. The summed E-state index contributed by atoms with van der Waals surface area (Å²) < 4.78 is 0. The Balaban J connectivity index is 3.16. The van der Waals surface area contributed by atoms with Gasteiger partial charge >= 0.3 is 0 Å². The molecule has 9 heavy (non-hydrogen) atoms. The Morgan fingerprint density at radius 1 is 1.78 bits per heavy atom. The summed E-state index contributed by atoms with van der Waals surface area (Å²) in [4.78, 5) is 10.3. The molecule has 54 valence electrons. The molecule has 1 atom stereocenters. The molecule has 0 aliphatic carbocycles. The van der Waals surface area contributed by atoms with Gasteiger partial charge in [-0.2, -0.15) is 0 Å². The first-order valence-corrected chi connectivity index (χ1v) is 3.43. The molecule has 0 spiro atoms. The van der Waals surface area contributed by atoms with E-state index in [1.807, 2.05) is 0 Å². The van der Waals surface area contributed by atoms with Crippen LogP contribution in [0, 0.1) is 0 Å². The molecular formula is C6H11ClO2. The second kappa shape index (κ2) is 4.77. The molecule has 0 saturated heterocycles. The summed E-state index contributed by atoms with van der Waals surface area (Å²) in [5.41, 5.74) is 0. The summed E-state index contributed by atoms with van der Waals surface area (Å²) in [5.74, 6) is 0.312. The van der Waals surface area contributed by atoms with Gasteiger partial charge in [0.05, 0.1) is 6.10 Å². The molecule has 0 heterocycles. The number of hydrogen-bond acceptors (Lipinski definition) is 2. The maximum Gasteiger partial charge on any atom is 0.129 e. The first-order chi connectivity index (χ1) is 4.16. The van der Waals surface area contributed by atoms with Gasteiger partial charge in [-0.1, -0.05) is 0 Å². The lowest BCUT2D eigenvalue weighted by molar-refractivity contribution is -0.117. The summed E-state index contributed by atoms with van der Waals surface area (Å²) in [7, 11) is 0. The van der Waals surface area contributed by atoms with E-state index in [0.29, 0.717) is 12.8 Å². The summed E-state index contributed by atoms with van der Waals surface area (Å²) in [6.07, 6.45) is 0.391. The van der Waals surface area contributed by atoms with Crippen LogP contribution >= 0.6 is 11.6 Å². The minimum absolute atomic E-state index is 0.0965. The summed E-state index contributed by atoms with van der Waals surface area (Å²) in [6.45, 7) is 1.50. The van der Waals surface area contributed by atoms with Crippen molar-refractivity contribution in [1.29, 1.82) is 0 Å². The number of alkyl halides is 1. The highest BCUT2D eigenvalue weighted by Crippen LogP contribution is 1.98. The molecule has 0 aromatic carbocycles. The molecule has 0 radical (unpaired) electrons. The SMILES string of the molecule is CC(=O)CCC(O)CCl. The Bertz CT molecular complexity index is 93.1. The zero-order valence-electron chi connectivity index (χ0n) is 5.43. The van der Waals surface area contributed by atoms with Crippen molar-refractivity contribution >= 4 is 17.4 Å².